The Morgan fingerprint density at radius 2 is 1.27 bits per heavy atom. The van der Waals surface area contributed by atoms with E-state index in [0.717, 1.165) is 44.3 Å². The van der Waals surface area contributed by atoms with Crippen molar-refractivity contribution in [1.29, 1.82) is 0 Å². The van der Waals surface area contributed by atoms with Gasteiger partial charge >= 0.3 is 0 Å². The average Bonchev–Trinajstić information content (AvgIpc) is 3.42. The third kappa shape index (κ3) is 2.67. The summed E-state index contributed by atoms with van der Waals surface area (Å²) in [6, 6.07) is 18.2. The zero-order valence-corrected chi connectivity index (χ0v) is 17.1. The van der Waals surface area contributed by atoms with Gasteiger partial charge in [-0.15, -0.1) is 0 Å². The highest BCUT2D eigenvalue weighted by Crippen LogP contribution is 2.38. The fourth-order valence-corrected chi connectivity index (χ4v) is 4.42. The van der Waals surface area contributed by atoms with Gasteiger partial charge in [-0.1, -0.05) is 12.1 Å². The van der Waals surface area contributed by atoms with Crippen LogP contribution in [0.4, 0.5) is 4.39 Å². The smallest absolute Gasteiger partial charge is 0.161 e. The highest BCUT2D eigenvalue weighted by Gasteiger charge is 2.17. The van der Waals surface area contributed by atoms with Gasteiger partial charge in [-0.05, 0) is 48.5 Å². The SMILES string of the molecule is Fc1ccc2oc3c(-c4cncc(-c5ccnc6c5oc5ccccc56)c4)ccnc3c2c1. The van der Waals surface area contributed by atoms with Crippen LogP contribution >= 0.6 is 0 Å². The number of nitrogens with zero attached hydrogens (tertiary/aromatic N) is 3. The van der Waals surface area contributed by atoms with E-state index in [-0.39, 0.29) is 5.82 Å². The normalized spacial score (nSPS) is 11.8. The van der Waals surface area contributed by atoms with Crippen LogP contribution in [0.15, 0.2) is 94.3 Å². The number of furan rings is 2. The van der Waals surface area contributed by atoms with Crippen molar-refractivity contribution >= 4 is 44.1 Å². The standard InChI is InChI=1S/C27H14FN3O2/c28-17-5-6-23-21(12-17)25-27(33-23)19(8-10-31-25)16-11-15(13-29-14-16)18-7-9-30-24-20-3-1-2-4-22(20)32-26(18)24/h1-14H. The largest absolute Gasteiger partial charge is 0.454 e. The molecule has 7 rings (SSSR count). The summed E-state index contributed by atoms with van der Waals surface area (Å²) in [5.41, 5.74) is 7.64. The second-order valence-corrected chi connectivity index (χ2v) is 7.88. The molecular weight excluding hydrogens is 417 g/mol. The first-order chi connectivity index (χ1) is 16.3. The number of halogens is 1. The van der Waals surface area contributed by atoms with Gasteiger partial charge in [-0.2, -0.15) is 0 Å². The van der Waals surface area contributed by atoms with E-state index in [4.69, 9.17) is 8.83 Å². The Morgan fingerprint density at radius 3 is 2.00 bits per heavy atom. The number of rotatable bonds is 2. The predicted octanol–water partition coefficient (Wildman–Crippen LogP) is 7.14. The fourth-order valence-electron chi connectivity index (χ4n) is 4.42. The number of benzene rings is 2. The predicted molar refractivity (Wildman–Crippen MR) is 125 cm³/mol. The highest BCUT2D eigenvalue weighted by atomic mass is 19.1. The Balaban J connectivity index is 1.45. The van der Waals surface area contributed by atoms with Gasteiger partial charge in [0.15, 0.2) is 11.2 Å². The lowest BCUT2D eigenvalue weighted by molar-refractivity contribution is 0.626. The van der Waals surface area contributed by atoms with Crippen molar-refractivity contribution < 1.29 is 13.2 Å². The van der Waals surface area contributed by atoms with Crippen molar-refractivity contribution in [2.45, 2.75) is 0 Å². The van der Waals surface area contributed by atoms with Gasteiger partial charge in [0, 0.05) is 57.8 Å². The van der Waals surface area contributed by atoms with Crippen LogP contribution in [0.5, 0.6) is 0 Å². The maximum atomic E-state index is 13.8. The molecular formula is C27H14FN3O2. The molecule has 5 heterocycles. The molecule has 6 heteroatoms. The molecule has 0 radical (unpaired) electrons. The zero-order chi connectivity index (χ0) is 21.9. The van der Waals surface area contributed by atoms with Crippen LogP contribution in [-0.2, 0) is 0 Å². The van der Waals surface area contributed by atoms with Crippen molar-refractivity contribution in [2.24, 2.45) is 0 Å². The van der Waals surface area contributed by atoms with Crippen LogP contribution in [0.1, 0.15) is 0 Å². The molecule has 0 saturated carbocycles. The van der Waals surface area contributed by atoms with E-state index in [0.29, 0.717) is 22.1 Å². The van der Waals surface area contributed by atoms with Crippen molar-refractivity contribution in [1.82, 2.24) is 15.0 Å². The maximum Gasteiger partial charge on any atom is 0.161 e. The van der Waals surface area contributed by atoms with Crippen LogP contribution in [0, 0.1) is 5.82 Å². The number of para-hydroxylation sites is 1. The molecule has 2 aromatic carbocycles. The minimum Gasteiger partial charge on any atom is -0.454 e. The Hall–Kier alpha value is -4.58. The summed E-state index contributed by atoms with van der Waals surface area (Å²) in [6.07, 6.45) is 7.07. The molecule has 0 N–H and O–H groups in total. The van der Waals surface area contributed by atoms with Crippen molar-refractivity contribution in [2.75, 3.05) is 0 Å². The molecule has 156 valence electrons. The van der Waals surface area contributed by atoms with E-state index in [1.54, 1.807) is 30.9 Å². The van der Waals surface area contributed by atoms with Crippen LogP contribution in [0.3, 0.4) is 0 Å². The molecule has 33 heavy (non-hydrogen) atoms. The summed E-state index contributed by atoms with van der Waals surface area (Å²) in [5.74, 6) is -0.325. The molecule has 0 fully saturated rings. The lowest BCUT2D eigenvalue weighted by atomic mass is 10.0. The first-order valence-corrected chi connectivity index (χ1v) is 10.4. The molecule has 0 unspecified atom stereocenters. The lowest BCUT2D eigenvalue weighted by Crippen LogP contribution is -1.87. The van der Waals surface area contributed by atoms with Crippen LogP contribution in [0.25, 0.3) is 66.4 Å². The summed E-state index contributed by atoms with van der Waals surface area (Å²) in [6.45, 7) is 0. The van der Waals surface area contributed by atoms with Crippen molar-refractivity contribution in [3.63, 3.8) is 0 Å². The quantitative estimate of drug-likeness (QED) is 0.291. The van der Waals surface area contributed by atoms with Gasteiger partial charge in [-0.3, -0.25) is 15.0 Å². The van der Waals surface area contributed by atoms with Crippen molar-refractivity contribution in [3.05, 3.63) is 91.3 Å². The lowest BCUT2D eigenvalue weighted by Gasteiger charge is -2.06. The molecule has 5 aromatic heterocycles. The number of aromatic nitrogens is 3. The van der Waals surface area contributed by atoms with Gasteiger partial charge in [0.05, 0.1) is 0 Å². The van der Waals surface area contributed by atoms with E-state index in [2.05, 4.69) is 15.0 Å². The summed E-state index contributed by atoms with van der Waals surface area (Å²) >= 11 is 0. The van der Waals surface area contributed by atoms with Crippen LogP contribution in [0.2, 0.25) is 0 Å². The van der Waals surface area contributed by atoms with E-state index in [1.165, 1.54) is 12.1 Å². The van der Waals surface area contributed by atoms with Crippen molar-refractivity contribution in [3.8, 4) is 22.3 Å². The van der Waals surface area contributed by atoms with E-state index >= 15 is 0 Å². The first kappa shape index (κ1) is 18.0. The molecule has 0 spiro atoms. The highest BCUT2D eigenvalue weighted by molar-refractivity contribution is 6.08. The molecule has 0 aliphatic heterocycles. The van der Waals surface area contributed by atoms with E-state index < -0.39 is 0 Å². The molecule has 0 atom stereocenters. The Kier molecular flexibility index (Phi) is 3.67. The van der Waals surface area contributed by atoms with Gasteiger partial charge < -0.3 is 8.83 Å². The van der Waals surface area contributed by atoms with E-state index in [1.807, 2.05) is 42.5 Å². The summed E-state index contributed by atoms with van der Waals surface area (Å²) in [7, 11) is 0. The minimum atomic E-state index is -0.325. The summed E-state index contributed by atoms with van der Waals surface area (Å²) in [4.78, 5) is 13.5. The Labute approximate surface area is 186 Å². The Bertz CT molecular complexity index is 1850. The van der Waals surface area contributed by atoms with Crippen LogP contribution < -0.4 is 0 Å². The van der Waals surface area contributed by atoms with Gasteiger partial charge in [0.25, 0.3) is 0 Å². The number of hydrogen-bond acceptors (Lipinski definition) is 5. The maximum absolute atomic E-state index is 13.8. The van der Waals surface area contributed by atoms with Gasteiger partial charge in [0.1, 0.15) is 28.0 Å². The average molecular weight is 431 g/mol. The topological polar surface area (TPSA) is 65.0 Å². The second kappa shape index (κ2) is 6.71. The third-order valence-corrected chi connectivity index (χ3v) is 5.93. The van der Waals surface area contributed by atoms with Crippen LogP contribution in [-0.4, -0.2) is 15.0 Å². The Morgan fingerprint density at radius 1 is 0.636 bits per heavy atom. The summed E-state index contributed by atoms with van der Waals surface area (Å²) < 4.78 is 26.0. The second-order valence-electron chi connectivity index (χ2n) is 7.88. The number of pyridine rings is 3. The number of hydrogen-bond donors (Lipinski definition) is 0. The third-order valence-electron chi connectivity index (χ3n) is 5.93. The molecule has 7 aromatic rings. The van der Waals surface area contributed by atoms with Gasteiger partial charge in [0.2, 0.25) is 0 Å². The molecule has 0 aliphatic rings. The first-order valence-electron chi connectivity index (χ1n) is 10.4. The monoisotopic (exact) mass is 431 g/mol. The zero-order valence-electron chi connectivity index (χ0n) is 17.1. The molecule has 0 saturated heterocycles. The van der Waals surface area contributed by atoms with Gasteiger partial charge in [-0.25, -0.2) is 4.39 Å². The molecule has 0 bridgehead atoms. The molecule has 0 aliphatic carbocycles. The minimum absolute atomic E-state index is 0.325. The molecule has 5 nitrogen and oxygen atoms in total. The fraction of sp³-hybridized carbons (Fsp3) is 0. The molecule has 0 amide bonds. The number of fused-ring (bicyclic) bond motifs is 6. The van der Waals surface area contributed by atoms with E-state index in [9.17, 15) is 4.39 Å². The summed E-state index contributed by atoms with van der Waals surface area (Å²) in [5, 5.41) is 1.62.